The van der Waals surface area contributed by atoms with Gasteiger partial charge in [-0.1, -0.05) is 13.8 Å². The van der Waals surface area contributed by atoms with Gasteiger partial charge in [-0.05, 0) is 100 Å². The van der Waals surface area contributed by atoms with Crippen LogP contribution in [0.5, 0.6) is 0 Å². The lowest BCUT2D eigenvalue weighted by Gasteiger charge is -2.27. The van der Waals surface area contributed by atoms with Crippen LogP contribution in [0.4, 0.5) is 8.78 Å². The molecule has 47 heavy (non-hydrogen) atoms. The van der Waals surface area contributed by atoms with E-state index in [1.165, 1.54) is 36.9 Å². The first kappa shape index (κ1) is 36.6. The van der Waals surface area contributed by atoms with Gasteiger partial charge in [0.2, 0.25) is 5.91 Å². The van der Waals surface area contributed by atoms with Crippen molar-refractivity contribution in [3.63, 3.8) is 0 Å². The number of esters is 1. The van der Waals surface area contributed by atoms with Crippen molar-refractivity contribution in [2.75, 3.05) is 13.2 Å². The van der Waals surface area contributed by atoms with Crippen LogP contribution >= 0.6 is 0 Å². The molecular weight excluding hydrogens is 606 g/mol. The Bertz CT molecular complexity index is 1750. The zero-order valence-corrected chi connectivity index (χ0v) is 28.2. The van der Waals surface area contributed by atoms with Gasteiger partial charge < -0.3 is 14.8 Å². The van der Waals surface area contributed by atoms with Crippen LogP contribution in [0.3, 0.4) is 0 Å². The van der Waals surface area contributed by atoms with E-state index >= 15 is 8.78 Å². The Morgan fingerprint density at radius 1 is 1.04 bits per heavy atom. The molecule has 0 fully saturated rings. The predicted molar refractivity (Wildman–Crippen MR) is 175 cm³/mol. The van der Waals surface area contributed by atoms with Crippen molar-refractivity contribution < 1.29 is 27.8 Å². The Hall–Kier alpha value is -4.85. The molecule has 0 aliphatic rings. The second-order valence-corrected chi connectivity index (χ2v) is 11.8. The molecule has 0 bridgehead atoms. The summed E-state index contributed by atoms with van der Waals surface area (Å²) in [6, 6.07) is 4.09. The molecule has 3 aromatic rings. The number of carbonyl (C=O) groups excluding carboxylic acids is 2. The van der Waals surface area contributed by atoms with Crippen LogP contribution in [0.15, 0.2) is 35.5 Å². The van der Waals surface area contributed by atoms with E-state index in [1.807, 2.05) is 20.8 Å². The van der Waals surface area contributed by atoms with E-state index in [0.29, 0.717) is 34.6 Å². The zero-order chi connectivity index (χ0) is 35.0. The van der Waals surface area contributed by atoms with E-state index in [2.05, 4.69) is 16.4 Å². The molecule has 0 aliphatic heterocycles. The lowest BCUT2D eigenvalue weighted by molar-refractivity contribution is -0.144. The highest BCUT2D eigenvalue weighted by molar-refractivity contribution is 5.82. The van der Waals surface area contributed by atoms with Crippen LogP contribution in [-0.4, -0.2) is 34.6 Å². The summed E-state index contributed by atoms with van der Waals surface area (Å²) in [5.41, 5.74) is 1.70. The predicted octanol–water partition coefficient (Wildman–Crippen LogP) is 6.70. The zero-order valence-electron chi connectivity index (χ0n) is 28.2. The van der Waals surface area contributed by atoms with Gasteiger partial charge >= 0.3 is 5.97 Å². The van der Waals surface area contributed by atoms with Crippen LogP contribution in [0.1, 0.15) is 91.8 Å². The Morgan fingerprint density at radius 3 is 2.28 bits per heavy atom. The number of aromatic nitrogens is 2. The Kier molecular flexibility index (Phi) is 12.6. The van der Waals surface area contributed by atoms with Crippen LogP contribution in [0.25, 0.3) is 17.2 Å². The summed E-state index contributed by atoms with van der Waals surface area (Å²) in [5.74, 6) is -3.44. The lowest BCUT2D eigenvalue weighted by atomic mass is 9.88. The first-order valence-corrected chi connectivity index (χ1v) is 15.6. The van der Waals surface area contributed by atoms with Gasteiger partial charge in [0, 0.05) is 17.3 Å². The number of aryl methyl sites for hydroxylation is 4. The third kappa shape index (κ3) is 8.70. The molecule has 0 unspecified atom stereocenters. The smallest absolute Gasteiger partial charge is 0.308 e. The SMILES string of the molecule is CCO/C=C/c1cn([C@@H](CC(C)C)C(=O)N[C@@H](CC(=O)OCC)c2c(F)c(C)cc(-c3c(C)cc(C#N)cc3C)c2F)c(=O)c(C)n1. The summed E-state index contributed by atoms with van der Waals surface area (Å²) in [6.45, 7) is 14.1. The Labute approximate surface area is 274 Å². The molecule has 2 aromatic carbocycles. The molecule has 3 rings (SSSR count). The standard InChI is InChI=1S/C36H42F2N4O5/c1-9-46-12-11-26-19-42(36(45)24(8)40-26)29(13-20(3)4)35(44)41-28(17-30(43)47-10-2)32-33(37)23(7)16-27(34(32)38)31-21(5)14-25(18-39)15-22(31)6/h11-12,14-16,19-20,28-29H,9-10,13,17H2,1-8H3,(H,41,44)/b12-11+/t28-,29-/m0/s1. The molecule has 1 N–H and O–H groups in total. The van der Waals surface area contributed by atoms with Gasteiger partial charge in [0.1, 0.15) is 23.4 Å². The summed E-state index contributed by atoms with van der Waals surface area (Å²) in [4.78, 5) is 44.5. The molecule has 2 atom stereocenters. The molecule has 0 saturated carbocycles. The normalized spacial score (nSPS) is 12.6. The van der Waals surface area contributed by atoms with Gasteiger partial charge in [0.05, 0.1) is 49.3 Å². The van der Waals surface area contributed by atoms with Gasteiger partial charge in [-0.15, -0.1) is 0 Å². The second-order valence-electron chi connectivity index (χ2n) is 11.8. The topological polar surface area (TPSA) is 123 Å². The second kappa shape index (κ2) is 16.1. The summed E-state index contributed by atoms with van der Waals surface area (Å²) in [7, 11) is 0. The largest absolute Gasteiger partial charge is 0.501 e. The third-order valence-electron chi connectivity index (χ3n) is 7.64. The maximum absolute atomic E-state index is 16.6. The number of nitrogens with zero attached hydrogens (tertiary/aromatic N) is 3. The highest BCUT2D eigenvalue weighted by Crippen LogP contribution is 2.37. The van der Waals surface area contributed by atoms with Gasteiger partial charge in [-0.25, -0.2) is 13.8 Å². The number of hydrogen-bond acceptors (Lipinski definition) is 7. The molecule has 0 radical (unpaired) electrons. The van der Waals surface area contributed by atoms with Gasteiger partial charge in [-0.3, -0.25) is 19.0 Å². The van der Waals surface area contributed by atoms with Crippen molar-refractivity contribution in [2.45, 2.75) is 80.3 Å². The number of nitriles is 1. The Morgan fingerprint density at radius 2 is 1.70 bits per heavy atom. The fourth-order valence-electron chi connectivity index (χ4n) is 5.60. The molecule has 1 amide bonds. The number of benzene rings is 2. The molecule has 0 aliphatic carbocycles. The van der Waals surface area contributed by atoms with E-state index in [0.717, 1.165) is 0 Å². The summed E-state index contributed by atoms with van der Waals surface area (Å²) in [5, 5.41) is 12.1. The summed E-state index contributed by atoms with van der Waals surface area (Å²) >= 11 is 0. The molecule has 1 heterocycles. The molecule has 250 valence electrons. The van der Waals surface area contributed by atoms with Crippen molar-refractivity contribution in [3.05, 3.63) is 91.9 Å². The van der Waals surface area contributed by atoms with E-state index in [1.54, 1.807) is 39.0 Å². The van der Waals surface area contributed by atoms with E-state index in [9.17, 15) is 19.6 Å². The van der Waals surface area contributed by atoms with Gasteiger partial charge in [-0.2, -0.15) is 5.26 Å². The lowest BCUT2D eigenvalue weighted by Crippen LogP contribution is -2.41. The van der Waals surface area contributed by atoms with Gasteiger partial charge in [0.25, 0.3) is 5.56 Å². The minimum absolute atomic E-state index is 0.0207. The highest BCUT2D eigenvalue weighted by Gasteiger charge is 2.32. The highest BCUT2D eigenvalue weighted by atomic mass is 19.1. The van der Waals surface area contributed by atoms with Crippen molar-refractivity contribution in [2.24, 2.45) is 5.92 Å². The quantitative estimate of drug-likeness (QED) is 0.162. The number of halogens is 2. The van der Waals surface area contributed by atoms with Crippen LogP contribution in [-0.2, 0) is 19.1 Å². The fraction of sp³-hybridized carbons (Fsp3) is 0.417. The van der Waals surface area contributed by atoms with Crippen molar-refractivity contribution in [3.8, 4) is 17.2 Å². The maximum Gasteiger partial charge on any atom is 0.308 e. The minimum Gasteiger partial charge on any atom is -0.501 e. The molecule has 11 heteroatoms. The van der Waals surface area contributed by atoms with Crippen molar-refractivity contribution >= 4 is 18.0 Å². The fourth-order valence-corrected chi connectivity index (χ4v) is 5.60. The summed E-state index contributed by atoms with van der Waals surface area (Å²) in [6.07, 6.45) is 4.06. The number of hydrogen-bond donors (Lipinski definition) is 1. The van der Waals surface area contributed by atoms with E-state index in [4.69, 9.17) is 9.47 Å². The first-order valence-electron chi connectivity index (χ1n) is 15.6. The third-order valence-corrected chi connectivity index (χ3v) is 7.64. The number of rotatable bonds is 13. The van der Waals surface area contributed by atoms with Crippen LogP contribution in [0.2, 0.25) is 0 Å². The van der Waals surface area contributed by atoms with E-state index in [-0.39, 0.29) is 35.8 Å². The molecule has 1 aromatic heterocycles. The number of nitrogens with one attached hydrogen (secondary N) is 1. The van der Waals surface area contributed by atoms with Crippen molar-refractivity contribution in [1.29, 1.82) is 5.26 Å². The molecular formula is C36H42F2N4O5. The number of ether oxygens (including phenoxy) is 2. The summed E-state index contributed by atoms with van der Waals surface area (Å²) < 4.78 is 44.3. The molecule has 9 nitrogen and oxygen atoms in total. The molecule has 0 spiro atoms. The monoisotopic (exact) mass is 648 g/mol. The average molecular weight is 649 g/mol. The molecule has 0 saturated heterocycles. The average Bonchev–Trinajstić information content (AvgIpc) is 2.99. The van der Waals surface area contributed by atoms with Crippen molar-refractivity contribution in [1.82, 2.24) is 14.9 Å². The van der Waals surface area contributed by atoms with Gasteiger partial charge in [0.15, 0.2) is 0 Å². The van der Waals surface area contributed by atoms with Crippen LogP contribution < -0.4 is 10.9 Å². The number of amides is 1. The van der Waals surface area contributed by atoms with E-state index < -0.39 is 53.1 Å². The first-order chi connectivity index (χ1) is 22.2. The Balaban J connectivity index is 2.21. The minimum atomic E-state index is -1.48. The maximum atomic E-state index is 16.6. The number of carbonyl (C=O) groups is 2. The van der Waals surface area contributed by atoms with Crippen LogP contribution in [0, 0.1) is 56.6 Å².